The highest BCUT2D eigenvalue weighted by molar-refractivity contribution is 5.97. The van der Waals surface area contributed by atoms with E-state index in [4.69, 9.17) is 15.6 Å². The van der Waals surface area contributed by atoms with Gasteiger partial charge in [-0.3, -0.25) is 4.79 Å². The molecule has 104 valence electrons. The molecule has 1 amide bonds. The lowest BCUT2D eigenvalue weighted by atomic mass is 9.99. The summed E-state index contributed by atoms with van der Waals surface area (Å²) in [7, 11) is 0. The molecule has 4 N–H and O–H groups in total. The molecule has 1 rings (SSSR count). The molecule has 0 bridgehead atoms. The van der Waals surface area contributed by atoms with Crippen molar-refractivity contribution < 1.29 is 19.4 Å². The number of carboxylic acid groups (broad SMARTS) is 1. The number of amides is 1. The summed E-state index contributed by atoms with van der Waals surface area (Å²) in [5.41, 5.74) is 5.39. The van der Waals surface area contributed by atoms with Gasteiger partial charge in [-0.25, -0.2) is 4.79 Å². The number of carboxylic acids is 1. The van der Waals surface area contributed by atoms with Crippen LogP contribution in [0.5, 0.6) is 5.75 Å². The van der Waals surface area contributed by atoms with Gasteiger partial charge in [0.1, 0.15) is 5.75 Å². The van der Waals surface area contributed by atoms with Crippen LogP contribution in [-0.2, 0) is 9.59 Å². The Morgan fingerprint density at radius 1 is 1.47 bits per heavy atom. The number of benzene rings is 1. The topological polar surface area (TPSA) is 102 Å². The zero-order chi connectivity index (χ0) is 14.5. The zero-order valence-corrected chi connectivity index (χ0v) is 11.0. The van der Waals surface area contributed by atoms with E-state index in [1.54, 1.807) is 31.2 Å². The van der Waals surface area contributed by atoms with Crippen LogP contribution in [0.4, 0.5) is 5.69 Å². The Kier molecular flexibility index (Phi) is 4.88. The molecule has 0 heterocycles. The molecule has 1 unspecified atom stereocenters. The number of ether oxygens (including phenoxy) is 1. The van der Waals surface area contributed by atoms with Crippen molar-refractivity contribution >= 4 is 17.6 Å². The van der Waals surface area contributed by atoms with E-state index < -0.39 is 18.1 Å². The van der Waals surface area contributed by atoms with Gasteiger partial charge in [0.15, 0.2) is 6.61 Å². The van der Waals surface area contributed by atoms with Gasteiger partial charge in [-0.2, -0.15) is 0 Å². The van der Waals surface area contributed by atoms with Crippen LogP contribution in [0, 0.1) is 0 Å². The lowest BCUT2D eigenvalue weighted by molar-refractivity contribution is -0.139. The number of carbonyl (C=O) groups excluding carboxylic acids is 1. The minimum atomic E-state index is -1.06. The van der Waals surface area contributed by atoms with Gasteiger partial charge in [-0.15, -0.1) is 0 Å². The Labute approximate surface area is 111 Å². The number of hydrogen-bond donors (Lipinski definition) is 3. The summed E-state index contributed by atoms with van der Waals surface area (Å²) in [5.74, 6) is -0.990. The maximum absolute atomic E-state index is 11.9. The van der Waals surface area contributed by atoms with Crippen molar-refractivity contribution in [3.8, 4) is 5.75 Å². The largest absolute Gasteiger partial charge is 0.482 e. The highest BCUT2D eigenvalue weighted by atomic mass is 16.5. The SMILES string of the molecule is CCC(C)(N)C(=O)Nc1cccc(OCC(=O)O)c1. The number of anilines is 1. The summed E-state index contributed by atoms with van der Waals surface area (Å²) in [5, 5.41) is 11.2. The molecule has 0 saturated carbocycles. The molecule has 1 aromatic rings. The smallest absolute Gasteiger partial charge is 0.341 e. The zero-order valence-electron chi connectivity index (χ0n) is 11.0. The summed E-state index contributed by atoms with van der Waals surface area (Å²) >= 11 is 0. The number of carbonyl (C=O) groups is 2. The summed E-state index contributed by atoms with van der Waals surface area (Å²) in [6.45, 7) is 3.04. The number of nitrogens with two attached hydrogens (primary N) is 1. The Hall–Kier alpha value is -2.08. The standard InChI is InChI=1S/C13H18N2O4/c1-3-13(2,14)12(18)15-9-5-4-6-10(7-9)19-8-11(16)17/h4-7H,3,8,14H2,1-2H3,(H,15,18)(H,16,17). The van der Waals surface area contributed by atoms with E-state index in [2.05, 4.69) is 5.32 Å². The van der Waals surface area contributed by atoms with E-state index >= 15 is 0 Å². The number of hydrogen-bond acceptors (Lipinski definition) is 4. The maximum atomic E-state index is 11.9. The molecule has 0 aliphatic heterocycles. The van der Waals surface area contributed by atoms with Crippen LogP contribution in [0.1, 0.15) is 20.3 Å². The predicted octanol–water partition coefficient (Wildman–Crippen LogP) is 1.22. The molecule has 19 heavy (non-hydrogen) atoms. The second-order valence-corrected chi connectivity index (χ2v) is 4.44. The third-order valence-electron chi connectivity index (χ3n) is 2.71. The summed E-state index contributed by atoms with van der Waals surface area (Å²) in [6.07, 6.45) is 0.508. The van der Waals surface area contributed by atoms with Gasteiger partial charge in [-0.05, 0) is 25.5 Å². The Balaban J connectivity index is 2.72. The maximum Gasteiger partial charge on any atom is 0.341 e. The molecule has 0 fully saturated rings. The summed E-state index contributed by atoms with van der Waals surface area (Å²) < 4.78 is 5.02. The second-order valence-electron chi connectivity index (χ2n) is 4.44. The average Bonchev–Trinajstić information content (AvgIpc) is 2.36. The number of aliphatic carboxylic acids is 1. The molecule has 0 saturated heterocycles. The van der Waals surface area contributed by atoms with Crippen molar-refractivity contribution in [1.29, 1.82) is 0 Å². The lowest BCUT2D eigenvalue weighted by Crippen LogP contribution is -2.47. The first-order chi connectivity index (χ1) is 8.85. The van der Waals surface area contributed by atoms with Crippen molar-refractivity contribution in [2.75, 3.05) is 11.9 Å². The van der Waals surface area contributed by atoms with Crippen molar-refractivity contribution in [2.45, 2.75) is 25.8 Å². The molecule has 0 spiro atoms. The van der Waals surface area contributed by atoms with E-state index in [1.165, 1.54) is 0 Å². The molecule has 0 aliphatic rings. The Morgan fingerprint density at radius 2 is 2.16 bits per heavy atom. The fourth-order valence-electron chi connectivity index (χ4n) is 1.24. The quantitative estimate of drug-likeness (QED) is 0.718. The fraction of sp³-hybridized carbons (Fsp3) is 0.385. The first-order valence-electron chi connectivity index (χ1n) is 5.90. The molecule has 0 aliphatic carbocycles. The highest BCUT2D eigenvalue weighted by Crippen LogP contribution is 2.18. The van der Waals surface area contributed by atoms with Crippen LogP contribution in [-0.4, -0.2) is 29.1 Å². The van der Waals surface area contributed by atoms with Gasteiger partial charge < -0.3 is 20.9 Å². The van der Waals surface area contributed by atoms with Gasteiger partial charge in [0.25, 0.3) is 0 Å². The summed E-state index contributed by atoms with van der Waals surface area (Å²) in [4.78, 5) is 22.3. The van der Waals surface area contributed by atoms with Crippen LogP contribution >= 0.6 is 0 Å². The second kappa shape index (κ2) is 6.19. The van der Waals surface area contributed by atoms with E-state index in [9.17, 15) is 9.59 Å². The highest BCUT2D eigenvalue weighted by Gasteiger charge is 2.25. The lowest BCUT2D eigenvalue weighted by Gasteiger charge is -2.21. The minimum Gasteiger partial charge on any atom is -0.482 e. The van der Waals surface area contributed by atoms with Crippen molar-refractivity contribution in [1.82, 2.24) is 0 Å². The molecular weight excluding hydrogens is 248 g/mol. The molecule has 6 nitrogen and oxygen atoms in total. The molecule has 6 heteroatoms. The van der Waals surface area contributed by atoms with E-state index in [1.807, 2.05) is 6.92 Å². The number of nitrogens with one attached hydrogen (secondary N) is 1. The van der Waals surface area contributed by atoms with Gasteiger partial charge in [0, 0.05) is 11.8 Å². The molecular formula is C13H18N2O4. The van der Waals surface area contributed by atoms with Crippen LogP contribution in [0.25, 0.3) is 0 Å². The van der Waals surface area contributed by atoms with Gasteiger partial charge >= 0.3 is 5.97 Å². The van der Waals surface area contributed by atoms with Gasteiger partial charge in [0.05, 0.1) is 5.54 Å². The van der Waals surface area contributed by atoms with Crippen molar-refractivity contribution in [3.05, 3.63) is 24.3 Å². The monoisotopic (exact) mass is 266 g/mol. The normalized spacial score (nSPS) is 13.4. The van der Waals surface area contributed by atoms with Crippen LogP contribution in [0.15, 0.2) is 24.3 Å². The minimum absolute atomic E-state index is 0.301. The van der Waals surface area contributed by atoms with E-state index in [0.29, 0.717) is 17.9 Å². The molecule has 0 aromatic heterocycles. The third kappa shape index (κ3) is 4.59. The Bertz CT molecular complexity index is 471. The summed E-state index contributed by atoms with van der Waals surface area (Å²) in [6, 6.07) is 6.50. The van der Waals surface area contributed by atoms with Gasteiger partial charge in [0.2, 0.25) is 5.91 Å². The third-order valence-corrected chi connectivity index (χ3v) is 2.71. The van der Waals surface area contributed by atoms with Crippen molar-refractivity contribution in [2.24, 2.45) is 5.73 Å². The predicted molar refractivity (Wildman–Crippen MR) is 71.1 cm³/mol. The fourth-order valence-corrected chi connectivity index (χ4v) is 1.24. The van der Waals surface area contributed by atoms with Crippen LogP contribution in [0.2, 0.25) is 0 Å². The molecule has 0 radical (unpaired) electrons. The van der Waals surface area contributed by atoms with E-state index in [0.717, 1.165) is 0 Å². The Morgan fingerprint density at radius 3 is 2.74 bits per heavy atom. The van der Waals surface area contributed by atoms with Crippen molar-refractivity contribution in [3.63, 3.8) is 0 Å². The van der Waals surface area contributed by atoms with Crippen LogP contribution < -0.4 is 15.8 Å². The molecule has 1 atom stereocenters. The van der Waals surface area contributed by atoms with E-state index in [-0.39, 0.29) is 5.91 Å². The van der Waals surface area contributed by atoms with Gasteiger partial charge in [-0.1, -0.05) is 13.0 Å². The van der Waals surface area contributed by atoms with Crippen LogP contribution in [0.3, 0.4) is 0 Å². The first kappa shape index (κ1) is 15.0. The number of rotatable bonds is 6. The average molecular weight is 266 g/mol. The first-order valence-corrected chi connectivity index (χ1v) is 5.90. The molecule has 1 aromatic carbocycles.